The molecule has 1 saturated carbocycles. The summed E-state index contributed by atoms with van der Waals surface area (Å²) >= 11 is 0. The molecule has 5 nitrogen and oxygen atoms in total. The fourth-order valence-corrected chi connectivity index (χ4v) is 3.83. The Balaban J connectivity index is 1.28. The predicted octanol–water partition coefficient (Wildman–Crippen LogP) is 3.73. The lowest BCUT2D eigenvalue weighted by atomic mass is 10.1. The number of guanidine groups is 1. The molecular formula is C22H25F2N5. The van der Waals surface area contributed by atoms with Crippen LogP contribution >= 0.6 is 0 Å². The van der Waals surface area contributed by atoms with E-state index in [0.29, 0.717) is 12.4 Å². The highest BCUT2D eigenvalue weighted by atomic mass is 19.1. The second-order valence-electron chi connectivity index (χ2n) is 7.38. The highest BCUT2D eigenvalue weighted by Gasteiger charge is 2.42. The van der Waals surface area contributed by atoms with Crippen LogP contribution in [0.2, 0.25) is 0 Å². The van der Waals surface area contributed by atoms with Crippen LogP contribution in [0.3, 0.4) is 0 Å². The van der Waals surface area contributed by atoms with Crippen LogP contribution in [0.15, 0.2) is 47.5 Å². The van der Waals surface area contributed by atoms with Crippen LogP contribution in [0.5, 0.6) is 0 Å². The van der Waals surface area contributed by atoms with Gasteiger partial charge in [0, 0.05) is 37.7 Å². The molecule has 0 saturated heterocycles. The van der Waals surface area contributed by atoms with E-state index < -0.39 is 11.6 Å². The highest BCUT2D eigenvalue weighted by Crippen LogP contribution is 2.43. The topological polar surface area (TPSA) is 54.2 Å². The predicted molar refractivity (Wildman–Crippen MR) is 111 cm³/mol. The Morgan fingerprint density at radius 2 is 1.93 bits per heavy atom. The Labute approximate surface area is 168 Å². The maximum absolute atomic E-state index is 13.9. The molecule has 3 aromatic rings. The monoisotopic (exact) mass is 397 g/mol. The van der Waals surface area contributed by atoms with Crippen LogP contribution in [-0.2, 0) is 6.54 Å². The van der Waals surface area contributed by atoms with E-state index in [2.05, 4.69) is 31.2 Å². The van der Waals surface area contributed by atoms with Crippen molar-refractivity contribution in [1.29, 1.82) is 0 Å². The molecule has 0 amide bonds. The van der Waals surface area contributed by atoms with Crippen LogP contribution in [-0.4, -0.2) is 35.1 Å². The molecule has 1 heterocycles. The van der Waals surface area contributed by atoms with E-state index in [4.69, 9.17) is 0 Å². The molecule has 0 bridgehead atoms. The van der Waals surface area contributed by atoms with Crippen molar-refractivity contribution in [3.05, 3.63) is 65.5 Å². The Bertz CT molecular complexity index is 1020. The Kier molecular flexibility index (Phi) is 5.47. The first-order valence-corrected chi connectivity index (χ1v) is 9.91. The van der Waals surface area contributed by atoms with Gasteiger partial charge in [-0.3, -0.25) is 4.99 Å². The lowest BCUT2D eigenvalue weighted by Crippen LogP contribution is -2.39. The lowest BCUT2D eigenvalue weighted by molar-refractivity contribution is 0.553. The van der Waals surface area contributed by atoms with Crippen molar-refractivity contribution in [2.24, 2.45) is 4.99 Å². The SMILES string of the molecule is CN=C(NCCCn1c(C)nc2ccccc21)NC1CC1c1c(F)cccc1F. The summed E-state index contributed by atoms with van der Waals surface area (Å²) < 4.78 is 30.1. The molecule has 0 aliphatic heterocycles. The van der Waals surface area contributed by atoms with E-state index in [1.54, 1.807) is 7.05 Å². The van der Waals surface area contributed by atoms with Crippen LogP contribution in [0.1, 0.15) is 30.1 Å². The number of fused-ring (bicyclic) bond motifs is 1. The molecule has 2 atom stereocenters. The van der Waals surface area contributed by atoms with Crippen molar-refractivity contribution in [2.45, 2.75) is 38.3 Å². The molecule has 0 radical (unpaired) electrons. The number of benzene rings is 2. The molecule has 2 unspecified atom stereocenters. The minimum Gasteiger partial charge on any atom is -0.356 e. The van der Waals surface area contributed by atoms with Gasteiger partial charge in [0.2, 0.25) is 0 Å². The van der Waals surface area contributed by atoms with Crippen molar-refractivity contribution < 1.29 is 8.78 Å². The number of halogens is 2. The summed E-state index contributed by atoms with van der Waals surface area (Å²) in [5, 5.41) is 6.55. The van der Waals surface area contributed by atoms with Crippen LogP contribution in [0, 0.1) is 18.6 Å². The van der Waals surface area contributed by atoms with Crippen LogP contribution in [0.25, 0.3) is 11.0 Å². The van der Waals surface area contributed by atoms with Gasteiger partial charge in [-0.2, -0.15) is 0 Å². The lowest BCUT2D eigenvalue weighted by Gasteiger charge is -2.13. The average molecular weight is 397 g/mol. The number of hydrogen-bond donors (Lipinski definition) is 2. The molecule has 1 aliphatic rings. The van der Waals surface area contributed by atoms with Crippen molar-refractivity contribution >= 4 is 17.0 Å². The van der Waals surface area contributed by atoms with Crippen molar-refractivity contribution in [3.63, 3.8) is 0 Å². The molecule has 152 valence electrons. The minimum atomic E-state index is -0.481. The Morgan fingerprint density at radius 1 is 1.17 bits per heavy atom. The number of nitrogens with zero attached hydrogens (tertiary/aromatic N) is 3. The van der Waals surface area contributed by atoms with E-state index in [1.165, 1.54) is 18.2 Å². The summed E-state index contributed by atoms with van der Waals surface area (Å²) in [7, 11) is 1.70. The van der Waals surface area contributed by atoms with Gasteiger partial charge in [0.05, 0.1) is 11.0 Å². The van der Waals surface area contributed by atoms with E-state index >= 15 is 0 Å². The molecular weight excluding hydrogens is 372 g/mol. The van der Waals surface area contributed by atoms with Gasteiger partial charge >= 0.3 is 0 Å². The first kappa shape index (κ1) is 19.4. The molecule has 2 aromatic carbocycles. The number of aryl methyl sites for hydroxylation is 2. The number of aromatic nitrogens is 2. The summed E-state index contributed by atoms with van der Waals surface area (Å²) in [6.07, 6.45) is 1.59. The molecule has 2 N–H and O–H groups in total. The third-order valence-electron chi connectivity index (χ3n) is 5.40. The summed E-state index contributed by atoms with van der Waals surface area (Å²) in [5.74, 6) is 0.535. The number of rotatable bonds is 6. The maximum Gasteiger partial charge on any atom is 0.191 e. The van der Waals surface area contributed by atoms with Gasteiger partial charge in [-0.05, 0) is 44.0 Å². The van der Waals surface area contributed by atoms with Gasteiger partial charge in [0.25, 0.3) is 0 Å². The first-order valence-electron chi connectivity index (χ1n) is 9.91. The van der Waals surface area contributed by atoms with E-state index in [1.807, 2.05) is 25.1 Å². The molecule has 29 heavy (non-hydrogen) atoms. The Hall–Kier alpha value is -2.96. The third kappa shape index (κ3) is 4.09. The molecule has 0 spiro atoms. The van der Waals surface area contributed by atoms with Gasteiger partial charge in [-0.25, -0.2) is 13.8 Å². The molecule has 7 heteroatoms. The quantitative estimate of drug-likeness (QED) is 0.379. The second-order valence-corrected chi connectivity index (χ2v) is 7.38. The van der Waals surface area contributed by atoms with E-state index in [0.717, 1.165) is 36.4 Å². The van der Waals surface area contributed by atoms with Crippen molar-refractivity contribution in [3.8, 4) is 0 Å². The zero-order valence-corrected chi connectivity index (χ0v) is 16.6. The second kappa shape index (κ2) is 8.19. The minimum absolute atomic E-state index is 0.00700. The zero-order chi connectivity index (χ0) is 20.4. The van der Waals surface area contributed by atoms with Crippen LogP contribution in [0.4, 0.5) is 8.78 Å². The van der Waals surface area contributed by atoms with Crippen molar-refractivity contribution in [2.75, 3.05) is 13.6 Å². The van der Waals surface area contributed by atoms with Gasteiger partial charge in [0.1, 0.15) is 17.5 Å². The van der Waals surface area contributed by atoms with Gasteiger partial charge in [-0.15, -0.1) is 0 Å². The molecule has 1 aliphatic carbocycles. The fourth-order valence-electron chi connectivity index (χ4n) is 3.83. The van der Waals surface area contributed by atoms with Gasteiger partial charge in [0.15, 0.2) is 5.96 Å². The largest absolute Gasteiger partial charge is 0.356 e. The van der Waals surface area contributed by atoms with Crippen LogP contribution < -0.4 is 10.6 Å². The highest BCUT2D eigenvalue weighted by molar-refractivity contribution is 5.80. The molecule has 1 aromatic heterocycles. The fraction of sp³-hybridized carbons (Fsp3) is 0.364. The number of aliphatic imine (C=N–C) groups is 1. The summed E-state index contributed by atoms with van der Waals surface area (Å²) in [4.78, 5) is 8.82. The average Bonchev–Trinajstić information content (AvgIpc) is 3.37. The smallest absolute Gasteiger partial charge is 0.191 e. The third-order valence-corrected chi connectivity index (χ3v) is 5.40. The Morgan fingerprint density at radius 3 is 2.69 bits per heavy atom. The van der Waals surface area contributed by atoms with Crippen molar-refractivity contribution in [1.82, 2.24) is 20.2 Å². The first-order chi connectivity index (χ1) is 14.1. The molecule has 4 rings (SSSR count). The normalized spacial score (nSPS) is 18.8. The number of nitrogens with one attached hydrogen (secondary N) is 2. The number of imidazole rings is 1. The van der Waals surface area contributed by atoms with Gasteiger partial charge in [-0.1, -0.05) is 18.2 Å². The number of para-hydroxylation sites is 2. The van der Waals surface area contributed by atoms with Gasteiger partial charge < -0.3 is 15.2 Å². The molecule has 1 fully saturated rings. The van der Waals surface area contributed by atoms with E-state index in [9.17, 15) is 8.78 Å². The summed E-state index contributed by atoms with van der Waals surface area (Å²) in [5.41, 5.74) is 2.32. The summed E-state index contributed by atoms with van der Waals surface area (Å²) in [6, 6.07) is 12.1. The zero-order valence-electron chi connectivity index (χ0n) is 16.6. The standard InChI is InChI=1S/C22H25F2N5/c1-14-27-18-9-3-4-10-20(18)29(14)12-6-11-26-22(25-2)28-19-13-15(19)21-16(23)7-5-8-17(21)24/h3-5,7-10,15,19H,6,11-13H2,1-2H3,(H2,25,26,28). The number of hydrogen-bond acceptors (Lipinski definition) is 2. The maximum atomic E-state index is 13.9. The van der Waals surface area contributed by atoms with E-state index in [-0.39, 0.29) is 17.5 Å². The summed E-state index contributed by atoms with van der Waals surface area (Å²) in [6.45, 7) is 3.60.